The Kier molecular flexibility index (Phi) is 1.50. The van der Waals surface area contributed by atoms with Crippen molar-refractivity contribution in [1.29, 1.82) is 0 Å². The summed E-state index contributed by atoms with van der Waals surface area (Å²) >= 11 is 1.81. The molecule has 2 nitrogen and oxygen atoms in total. The standard InChI is InChI=1S/C10H11NOS/c12-10-6-4-7(8(5-6)11-10)9-2-1-3-13-9/h1-3,6-8H,4-5H2,(H,11,12)/t6-,7-,8-/m0/s1. The second-order valence-electron chi connectivity index (χ2n) is 3.91. The SMILES string of the molecule is O=C1N[C@H]2C[C@@H]1C[C@@H]2c1cccs1. The van der Waals surface area contributed by atoms with E-state index in [0.717, 1.165) is 12.8 Å². The number of hydrogen-bond acceptors (Lipinski definition) is 2. The Morgan fingerprint density at radius 2 is 2.38 bits per heavy atom. The molecule has 13 heavy (non-hydrogen) atoms. The zero-order valence-corrected chi connectivity index (χ0v) is 8.01. The molecule has 1 amide bonds. The topological polar surface area (TPSA) is 29.1 Å². The van der Waals surface area contributed by atoms with Crippen LogP contribution >= 0.6 is 11.3 Å². The molecule has 2 bridgehead atoms. The Morgan fingerprint density at radius 1 is 1.46 bits per heavy atom. The van der Waals surface area contributed by atoms with E-state index in [2.05, 4.69) is 22.8 Å². The summed E-state index contributed by atoms with van der Waals surface area (Å²) in [7, 11) is 0. The average molecular weight is 193 g/mol. The number of nitrogens with one attached hydrogen (secondary N) is 1. The maximum atomic E-state index is 11.2. The Balaban J connectivity index is 1.87. The van der Waals surface area contributed by atoms with Crippen LogP contribution in [0.4, 0.5) is 0 Å². The Morgan fingerprint density at radius 3 is 2.92 bits per heavy atom. The molecule has 1 aliphatic carbocycles. The van der Waals surface area contributed by atoms with Crippen LogP contribution in [0.5, 0.6) is 0 Å². The molecule has 3 atom stereocenters. The number of amides is 1. The van der Waals surface area contributed by atoms with Crippen LogP contribution in [0.25, 0.3) is 0 Å². The van der Waals surface area contributed by atoms with Crippen molar-refractivity contribution in [2.75, 3.05) is 0 Å². The van der Waals surface area contributed by atoms with Crippen molar-refractivity contribution in [2.45, 2.75) is 24.8 Å². The van der Waals surface area contributed by atoms with E-state index in [0.29, 0.717) is 17.9 Å². The minimum Gasteiger partial charge on any atom is -0.352 e. The largest absolute Gasteiger partial charge is 0.352 e. The molecule has 2 heterocycles. The number of carbonyl (C=O) groups is 1. The number of hydrogen-bond donors (Lipinski definition) is 1. The maximum Gasteiger partial charge on any atom is 0.223 e. The molecular formula is C10H11NOS. The van der Waals surface area contributed by atoms with E-state index >= 15 is 0 Å². The number of piperidine rings is 1. The monoisotopic (exact) mass is 193 g/mol. The number of rotatable bonds is 1. The second-order valence-corrected chi connectivity index (χ2v) is 4.88. The Bertz CT molecular complexity index is 333. The van der Waals surface area contributed by atoms with Crippen LogP contribution in [-0.4, -0.2) is 11.9 Å². The third-order valence-electron chi connectivity index (χ3n) is 3.17. The fourth-order valence-electron chi connectivity index (χ4n) is 2.53. The van der Waals surface area contributed by atoms with Crippen LogP contribution in [0.2, 0.25) is 0 Å². The molecule has 0 aromatic carbocycles. The van der Waals surface area contributed by atoms with E-state index < -0.39 is 0 Å². The fraction of sp³-hybridized carbons (Fsp3) is 0.500. The predicted molar refractivity (Wildman–Crippen MR) is 51.7 cm³/mol. The summed E-state index contributed by atoms with van der Waals surface area (Å²) in [6, 6.07) is 4.70. The quantitative estimate of drug-likeness (QED) is 0.723. The van der Waals surface area contributed by atoms with Gasteiger partial charge in [0.2, 0.25) is 5.91 Å². The molecule has 1 saturated heterocycles. The van der Waals surface area contributed by atoms with Gasteiger partial charge in [-0.1, -0.05) is 6.07 Å². The first-order chi connectivity index (χ1) is 6.34. The zero-order chi connectivity index (χ0) is 8.84. The van der Waals surface area contributed by atoms with Gasteiger partial charge in [0.05, 0.1) is 0 Å². The highest BCUT2D eigenvalue weighted by Crippen LogP contribution is 2.44. The van der Waals surface area contributed by atoms with Gasteiger partial charge in [-0.3, -0.25) is 4.79 Å². The molecule has 1 aromatic rings. The van der Waals surface area contributed by atoms with Crippen LogP contribution in [0.15, 0.2) is 17.5 Å². The fourth-order valence-corrected chi connectivity index (χ4v) is 3.44. The highest BCUT2D eigenvalue weighted by molar-refractivity contribution is 7.10. The summed E-state index contributed by atoms with van der Waals surface area (Å²) in [6.45, 7) is 0. The van der Waals surface area contributed by atoms with Crippen molar-refractivity contribution in [3.8, 4) is 0 Å². The number of fused-ring (bicyclic) bond motifs is 2. The van der Waals surface area contributed by atoms with Gasteiger partial charge in [0.15, 0.2) is 0 Å². The maximum absolute atomic E-state index is 11.2. The first-order valence-corrected chi connectivity index (χ1v) is 5.56. The van der Waals surface area contributed by atoms with Crippen molar-refractivity contribution >= 4 is 17.2 Å². The van der Waals surface area contributed by atoms with Gasteiger partial charge < -0.3 is 5.32 Å². The van der Waals surface area contributed by atoms with E-state index in [9.17, 15) is 4.79 Å². The molecule has 0 radical (unpaired) electrons. The van der Waals surface area contributed by atoms with Crippen LogP contribution in [0, 0.1) is 5.92 Å². The van der Waals surface area contributed by atoms with Gasteiger partial charge in [0.1, 0.15) is 0 Å². The van der Waals surface area contributed by atoms with Crippen LogP contribution < -0.4 is 5.32 Å². The molecule has 2 aliphatic rings. The molecule has 0 unspecified atom stereocenters. The van der Waals surface area contributed by atoms with Crippen molar-refractivity contribution in [3.63, 3.8) is 0 Å². The summed E-state index contributed by atoms with van der Waals surface area (Å²) < 4.78 is 0. The predicted octanol–water partition coefficient (Wildman–Crippen LogP) is 1.74. The summed E-state index contributed by atoms with van der Waals surface area (Å²) in [5, 5.41) is 5.17. The summed E-state index contributed by atoms with van der Waals surface area (Å²) in [5.74, 6) is 1.18. The van der Waals surface area contributed by atoms with E-state index in [1.165, 1.54) is 4.88 Å². The lowest BCUT2D eigenvalue weighted by molar-refractivity contribution is -0.123. The minimum absolute atomic E-state index is 0.276. The summed E-state index contributed by atoms with van der Waals surface area (Å²) in [5.41, 5.74) is 0. The van der Waals surface area contributed by atoms with Crippen molar-refractivity contribution in [1.82, 2.24) is 5.32 Å². The highest BCUT2D eigenvalue weighted by atomic mass is 32.1. The van der Waals surface area contributed by atoms with Gasteiger partial charge >= 0.3 is 0 Å². The van der Waals surface area contributed by atoms with Crippen LogP contribution in [0.1, 0.15) is 23.6 Å². The van der Waals surface area contributed by atoms with E-state index in [1.54, 1.807) is 0 Å². The third-order valence-corrected chi connectivity index (χ3v) is 4.17. The third kappa shape index (κ3) is 1.03. The van der Waals surface area contributed by atoms with Crippen molar-refractivity contribution in [2.24, 2.45) is 5.92 Å². The number of thiophene rings is 1. The van der Waals surface area contributed by atoms with Gasteiger partial charge in [0, 0.05) is 22.8 Å². The molecule has 1 aliphatic heterocycles. The highest BCUT2D eigenvalue weighted by Gasteiger charge is 2.45. The molecule has 3 rings (SSSR count). The van der Waals surface area contributed by atoms with E-state index in [1.807, 2.05) is 11.3 Å². The first-order valence-electron chi connectivity index (χ1n) is 4.68. The van der Waals surface area contributed by atoms with E-state index in [-0.39, 0.29) is 5.91 Å². The lowest BCUT2D eigenvalue weighted by atomic mass is 9.98. The van der Waals surface area contributed by atoms with Gasteiger partial charge in [-0.15, -0.1) is 11.3 Å². The molecule has 3 heteroatoms. The number of carbonyl (C=O) groups excluding carboxylic acids is 1. The molecule has 1 aromatic heterocycles. The van der Waals surface area contributed by atoms with Gasteiger partial charge in [-0.25, -0.2) is 0 Å². The first kappa shape index (κ1) is 7.56. The van der Waals surface area contributed by atoms with Gasteiger partial charge in [-0.05, 0) is 24.3 Å². The Hall–Kier alpha value is -0.830. The van der Waals surface area contributed by atoms with E-state index in [4.69, 9.17) is 0 Å². The molecule has 2 fully saturated rings. The molecule has 68 valence electrons. The normalized spacial score (nSPS) is 36.6. The molecule has 1 N–H and O–H groups in total. The zero-order valence-electron chi connectivity index (χ0n) is 7.19. The second kappa shape index (κ2) is 2.58. The van der Waals surface area contributed by atoms with Crippen molar-refractivity contribution in [3.05, 3.63) is 22.4 Å². The van der Waals surface area contributed by atoms with Crippen LogP contribution in [0.3, 0.4) is 0 Å². The molecule has 1 saturated carbocycles. The molecule has 0 spiro atoms. The van der Waals surface area contributed by atoms with Crippen molar-refractivity contribution < 1.29 is 4.79 Å². The van der Waals surface area contributed by atoms with Gasteiger partial charge in [-0.2, -0.15) is 0 Å². The summed E-state index contributed by atoms with van der Waals surface area (Å²) in [4.78, 5) is 12.7. The van der Waals surface area contributed by atoms with Crippen LogP contribution in [-0.2, 0) is 4.79 Å². The van der Waals surface area contributed by atoms with Gasteiger partial charge in [0.25, 0.3) is 0 Å². The molecular weight excluding hydrogens is 182 g/mol. The minimum atomic E-state index is 0.276. The average Bonchev–Trinajstić information content (AvgIpc) is 2.75. The smallest absolute Gasteiger partial charge is 0.223 e. The Labute approximate surface area is 81.0 Å². The lowest BCUT2D eigenvalue weighted by Crippen LogP contribution is -2.35. The summed E-state index contributed by atoms with van der Waals surface area (Å²) in [6.07, 6.45) is 2.12. The lowest BCUT2D eigenvalue weighted by Gasteiger charge is -2.21.